The van der Waals surface area contributed by atoms with Crippen LogP contribution in [-0.2, 0) is 11.3 Å². The molecule has 0 saturated carbocycles. The van der Waals surface area contributed by atoms with Crippen LogP contribution in [-0.4, -0.2) is 51.4 Å². The standard InChI is InChI=1S/C30H25Cl2N5O4/c1-41-25-7-5-17-8-19(3-2-18(17)11-25)28-13-27(21-9-22(31)12-23(32)10-21)36-37(28)16-24-6-4-20(14-34-24)29(38)35-15-26(33)30(39)40/h2-14,26H,15-16,33H2,1H3,(H,35,38)(H,39,40)/t26-/m0/s1. The fourth-order valence-electron chi connectivity index (χ4n) is 4.32. The molecule has 0 bridgehead atoms. The van der Waals surface area contributed by atoms with Crippen LogP contribution in [0.1, 0.15) is 16.1 Å². The minimum Gasteiger partial charge on any atom is -0.497 e. The highest BCUT2D eigenvalue weighted by Gasteiger charge is 2.16. The number of aromatic nitrogens is 3. The van der Waals surface area contributed by atoms with Gasteiger partial charge >= 0.3 is 5.97 Å². The number of benzene rings is 3. The third kappa shape index (κ3) is 6.49. The van der Waals surface area contributed by atoms with E-state index in [0.717, 1.165) is 33.3 Å². The number of hydrogen-bond acceptors (Lipinski definition) is 6. The maximum atomic E-state index is 12.4. The minimum atomic E-state index is -1.20. The van der Waals surface area contributed by atoms with E-state index in [0.29, 0.717) is 28.0 Å². The van der Waals surface area contributed by atoms with Crippen LogP contribution >= 0.6 is 23.2 Å². The molecular formula is C30H25Cl2N5O4. The van der Waals surface area contributed by atoms with Crippen molar-refractivity contribution in [1.82, 2.24) is 20.1 Å². The molecular weight excluding hydrogens is 565 g/mol. The Morgan fingerprint density at radius 3 is 2.39 bits per heavy atom. The third-order valence-electron chi connectivity index (χ3n) is 6.48. The largest absolute Gasteiger partial charge is 0.497 e. The van der Waals surface area contributed by atoms with Crippen molar-refractivity contribution in [2.24, 2.45) is 5.73 Å². The molecule has 5 aromatic rings. The molecule has 9 nitrogen and oxygen atoms in total. The molecule has 0 aliphatic rings. The summed E-state index contributed by atoms with van der Waals surface area (Å²) in [6.45, 7) is 0.122. The number of halogens is 2. The summed E-state index contributed by atoms with van der Waals surface area (Å²) in [7, 11) is 1.64. The maximum absolute atomic E-state index is 12.4. The molecule has 1 atom stereocenters. The Kier molecular flexibility index (Phi) is 8.21. The fraction of sp³-hybridized carbons (Fsp3) is 0.133. The van der Waals surface area contributed by atoms with E-state index in [1.807, 2.05) is 41.1 Å². The molecule has 0 unspecified atom stereocenters. The Morgan fingerprint density at radius 1 is 0.976 bits per heavy atom. The van der Waals surface area contributed by atoms with E-state index < -0.39 is 17.9 Å². The molecule has 41 heavy (non-hydrogen) atoms. The first-order chi connectivity index (χ1) is 19.7. The number of carbonyl (C=O) groups is 2. The molecule has 0 saturated heterocycles. The van der Waals surface area contributed by atoms with Gasteiger partial charge in [0.25, 0.3) is 5.91 Å². The van der Waals surface area contributed by atoms with Crippen LogP contribution in [0.2, 0.25) is 10.0 Å². The highest BCUT2D eigenvalue weighted by Crippen LogP contribution is 2.32. The quantitative estimate of drug-likeness (QED) is 0.213. The summed E-state index contributed by atoms with van der Waals surface area (Å²) in [6.07, 6.45) is 1.43. The second-order valence-corrected chi connectivity index (χ2v) is 10.2. The number of carbonyl (C=O) groups excluding carboxylic acids is 1. The number of fused-ring (bicyclic) bond motifs is 1. The number of amides is 1. The average molecular weight is 590 g/mol. The molecule has 208 valence electrons. The SMILES string of the molecule is COc1ccc2cc(-c3cc(-c4cc(Cl)cc(Cl)c4)nn3Cc3ccc(C(=O)NC[C@H](N)C(=O)O)cn3)ccc2c1. The van der Waals surface area contributed by atoms with E-state index >= 15 is 0 Å². The van der Waals surface area contributed by atoms with Gasteiger partial charge in [-0.2, -0.15) is 5.10 Å². The van der Waals surface area contributed by atoms with Crippen molar-refractivity contribution in [1.29, 1.82) is 0 Å². The molecule has 1 amide bonds. The first kappa shape index (κ1) is 28.1. The predicted molar refractivity (Wildman–Crippen MR) is 158 cm³/mol. The molecule has 0 aliphatic heterocycles. The number of ether oxygens (including phenoxy) is 1. The summed E-state index contributed by atoms with van der Waals surface area (Å²) >= 11 is 12.5. The summed E-state index contributed by atoms with van der Waals surface area (Å²) in [6, 6.07) is 21.4. The van der Waals surface area contributed by atoms with Gasteiger partial charge in [0.2, 0.25) is 0 Å². The summed E-state index contributed by atoms with van der Waals surface area (Å²) in [5, 5.41) is 19.4. The third-order valence-corrected chi connectivity index (χ3v) is 6.92. The number of nitrogens with zero attached hydrogens (tertiary/aromatic N) is 3. The number of carboxylic acid groups (broad SMARTS) is 1. The highest BCUT2D eigenvalue weighted by atomic mass is 35.5. The zero-order chi connectivity index (χ0) is 29.1. The van der Waals surface area contributed by atoms with E-state index in [-0.39, 0.29) is 12.1 Å². The van der Waals surface area contributed by atoms with Crippen molar-refractivity contribution in [2.45, 2.75) is 12.6 Å². The van der Waals surface area contributed by atoms with Gasteiger partial charge in [-0.05, 0) is 65.4 Å². The Hall–Kier alpha value is -4.44. The van der Waals surface area contributed by atoms with Crippen LogP contribution in [0.15, 0.2) is 79.0 Å². The minimum absolute atomic E-state index is 0.193. The number of nitrogens with two attached hydrogens (primary N) is 1. The normalized spacial score (nSPS) is 11.8. The lowest BCUT2D eigenvalue weighted by molar-refractivity contribution is -0.138. The van der Waals surface area contributed by atoms with E-state index in [9.17, 15) is 9.59 Å². The molecule has 2 heterocycles. The molecule has 0 aliphatic carbocycles. The second-order valence-electron chi connectivity index (χ2n) is 9.35. The Morgan fingerprint density at radius 2 is 1.71 bits per heavy atom. The van der Waals surface area contributed by atoms with Crippen LogP contribution in [0.5, 0.6) is 5.75 Å². The van der Waals surface area contributed by atoms with Gasteiger partial charge in [0.05, 0.1) is 36.3 Å². The van der Waals surface area contributed by atoms with Crippen LogP contribution in [0, 0.1) is 0 Å². The van der Waals surface area contributed by atoms with Crippen molar-refractivity contribution in [3.8, 4) is 28.3 Å². The maximum Gasteiger partial charge on any atom is 0.322 e. The zero-order valence-corrected chi connectivity index (χ0v) is 23.4. The predicted octanol–water partition coefficient (Wildman–Crippen LogP) is 5.27. The van der Waals surface area contributed by atoms with Gasteiger partial charge in [-0.1, -0.05) is 41.4 Å². The van der Waals surface area contributed by atoms with Gasteiger partial charge < -0.3 is 20.9 Å². The van der Waals surface area contributed by atoms with E-state index in [2.05, 4.69) is 16.4 Å². The lowest BCUT2D eigenvalue weighted by Crippen LogP contribution is -2.42. The summed E-state index contributed by atoms with van der Waals surface area (Å²) < 4.78 is 7.19. The Bertz CT molecular complexity index is 1730. The van der Waals surface area contributed by atoms with E-state index in [1.54, 1.807) is 37.4 Å². The summed E-state index contributed by atoms with van der Waals surface area (Å²) in [5.41, 5.74) is 9.65. The van der Waals surface area contributed by atoms with Crippen molar-refractivity contribution in [3.05, 3.63) is 100 Å². The molecule has 11 heteroatoms. The number of aliphatic carboxylic acids is 1. The topological polar surface area (TPSA) is 132 Å². The number of methoxy groups -OCH3 is 1. The van der Waals surface area contributed by atoms with Crippen LogP contribution in [0.25, 0.3) is 33.3 Å². The first-order valence-corrected chi connectivity index (χ1v) is 13.3. The Labute approximate surface area is 245 Å². The molecule has 5 rings (SSSR count). The molecule has 3 aromatic carbocycles. The Balaban J connectivity index is 1.47. The van der Waals surface area contributed by atoms with E-state index in [1.165, 1.54) is 6.20 Å². The number of nitrogens with one attached hydrogen (secondary N) is 1. The first-order valence-electron chi connectivity index (χ1n) is 12.5. The lowest BCUT2D eigenvalue weighted by Gasteiger charge is -2.10. The van der Waals surface area contributed by atoms with Crippen molar-refractivity contribution in [2.75, 3.05) is 13.7 Å². The van der Waals surface area contributed by atoms with Gasteiger partial charge in [0.1, 0.15) is 11.8 Å². The van der Waals surface area contributed by atoms with Gasteiger partial charge in [-0.15, -0.1) is 0 Å². The highest BCUT2D eigenvalue weighted by molar-refractivity contribution is 6.35. The van der Waals surface area contributed by atoms with Crippen LogP contribution in [0.4, 0.5) is 0 Å². The molecule has 2 aromatic heterocycles. The number of carboxylic acids is 1. The van der Waals surface area contributed by atoms with Gasteiger partial charge in [-0.3, -0.25) is 19.3 Å². The summed E-state index contributed by atoms with van der Waals surface area (Å²) in [5.74, 6) is -0.879. The van der Waals surface area contributed by atoms with Crippen molar-refractivity contribution < 1.29 is 19.4 Å². The fourth-order valence-corrected chi connectivity index (χ4v) is 4.85. The number of pyridine rings is 1. The van der Waals surface area contributed by atoms with Crippen molar-refractivity contribution >= 4 is 45.9 Å². The number of hydrogen-bond donors (Lipinski definition) is 3. The lowest BCUT2D eigenvalue weighted by atomic mass is 10.0. The molecule has 0 spiro atoms. The number of rotatable bonds is 9. The smallest absolute Gasteiger partial charge is 0.322 e. The van der Waals surface area contributed by atoms with Gasteiger partial charge in [0, 0.05) is 33.9 Å². The second kappa shape index (κ2) is 12.0. The van der Waals surface area contributed by atoms with Gasteiger partial charge in [0.15, 0.2) is 0 Å². The average Bonchev–Trinajstić information content (AvgIpc) is 3.38. The summed E-state index contributed by atoms with van der Waals surface area (Å²) in [4.78, 5) is 27.7. The monoisotopic (exact) mass is 589 g/mol. The van der Waals surface area contributed by atoms with Gasteiger partial charge in [-0.25, -0.2) is 0 Å². The van der Waals surface area contributed by atoms with Crippen molar-refractivity contribution in [3.63, 3.8) is 0 Å². The van der Waals surface area contributed by atoms with E-state index in [4.69, 9.17) is 43.9 Å². The zero-order valence-electron chi connectivity index (χ0n) is 21.8. The van der Waals surface area contributed by atoms with Crippen LogP contribution in [0.3, 0.4) is 0 Å². The molecule has 0 radical (unpaired) electrons. The van der Waals surface area contributed by atoms with Crippen LogP contribution < -0.4 is 15.8 Å². The molecule has 0 fully saturated rings. The molecule has 4 N–H and O–H groups in total.